The third kappa shape index (κ3) is 4.51. The molecule has 4 heterocycles. The molecule has 0 unspecified atom stereocenters. The van der Waals surface area contributed by atoms with E-state index in [4.69, 9.17) is 4.52 Å². The third-order valence-corrected chi connectivity index (χ3v) is 6.48. The molecule has 1 aromatic rings. The first-order valence-corrected chi connectivity index (χ1v) is 10.8. The maximum Gasteiger partial charge on any atom is 0.240 e. The Morgan fingerprint density at radius 1 is 1.07 bits per heavy atom. The summed E-state index contributed by atoms with van der Waals surface area (Å²) in [6.07, 6.45) is 7.74. The molecule has 1 amide bonds. The predicted octanol–water partition coefficient (Wildman–Crippen LogP) is 1.93. The van der Waals surface area contributed by atoms with Crippen molar-refractivity contribution in [3.05, 3.63) is 11.7 Å². The Balaban J connectivity index is 1.25. The molecule has 3 saturated heterocycles. The van der Waals surface area contributed by atoms with Crippen molar-refractivity contribution in [2.24, 2.45) is 5.92 Å². The molecule has 3 aliphatic rings. The van der Waals surface area contributed by atoms with Crippen LogP contribution in [0.15, 0.2) is 4.52 Å². The van der Waals surface area contributed by atoms with Gasteiger partial charge >= 0.3 is 0 Å². The maximum absolute atomic E-state index is 12.8. The lowest BCUT2D eigenvalue weighted by Crippen LogP contribution is -2.51. The second kappa shape index (κ2) is 8.69. The van der Waals surface area contributed by atoms with Crippen molar-refractivity contribution in [2.75, 3.05) is 39.3 Å². The van der Waals surface area contributed by atoms with Gasteiger partial charge in [0.2, 0.25) is 11.8 Å². The van der Waals surface area contributed by atoms with Gasteiger partial charge < -0.3 is 9.42 Å². The summed E-state index contributed by atoms with van der Waals surface area (Å²) in [5.74, 6) is 2.17. The summed E-state index contributed by atoms with van der Waals surface area (Å²) in [5, 5.41) is 3.99. The number of likely N-dealkylation sites (tertiary alicyclic amines) is 3. The average Bonchev–Trinajstić information content (AvgIpc) is 3.40. The molecule has 7 heteroatoms. The van der Waals surface area contributed by atoms with Crippen molar-refractivity contribution in [3.8, 4) is 0 Å². The molecule has 7 nitrogen and oxygen atoms in total. The number of carbonyl (C=O) groups is 1. The Bertz CT molecular complexity index is 620. The van der Waals surface area contributed by atoms with Gasteiger partial charge in [0.1, 0.15) is 0 Å². The van der Waals surface area contributed by atoms with Crippen LogP contribution in [0.1, 0.15) is 57.2 Å². The summed E-state index contributed by atoms with van der Waals surface area (Å²) in [4.78, 5) is 24.3. The molecule has 27 heavy (non-hydrogen) atoms. The van der Waals surface area contributed by atoms with E-state index in [1.54, 1.807) is 0 Å². The minimum atomic E-state index is 0.223. The Morgan fingerprint density at radius 3 is 2.56 bits per heavy atom. The van der Waals surface area contributed by atoms with Crippen molar-refractivity contribution in [2.45, 2.75) is 64.5 Å². The monoisotopic (exact) mass is 375 g/mol. The van der Waals surface area contributed by atoms with Crippen LogP contribution in [0.5, 0.6) is 0 Å². The molecule has 1 atom stereocenters. The molecule has 3 fully saturated rings. The van der Waals surface area contributed by atoms with E-state index in [1.165, 1.54) is 25.7 Å². The molecule has 0 radical (unpaired) electrons. The molecule has 1 aromatic heterocycles. The zero-order chi connectivity index (χ0) is 18.6. The van der Waals surface area contributed by atoms with Gasteiger partial charge in [0.15, 0.2) is 5.82 Å². The first-order chi connectivity index (χ1) is 13.2. The zero-order valence-electron chi connectivity index (χ0n) is 16.6. The fourth-order valence-electron chi connectivity index (χ4n) is 4.87. The van der Waals surface area contributed by atoms with E-state index >= 15 is 0 Å². The van der Waals surface area contributed by atoms with Gasteiger partial charge in [-0.15, -0.1) is 0 Å². The summed E-state index contributed by atoms with van der Waals surface area (Å²) in [6.45, 7) is 9.00. The van der Waals surface area contributed by atoms with Gasteiger partial charge in [-0.3, -0.25) is 14.6 Å². The van der Waals surface area contributed by atoms with Crippen LogP contribution in [0.25, 0.3) is 0 Å². The van der Waals surface area contributed by atoms with Gasteiger partial charge in [-0.1, -0.05) is 12.1 Å². The zero-order valence-corrected chi connectivity index (χ0v) is 16.6. The molecule has 0 aliphatic carbocycles. The van der Waals surface area contributed by atoms with Gasteiger partial charge in [0, 0.05) is 45.2 Å². The van der Waals surface area contributed by atoms with Crippen molar-refractivity contribution in [1.29, 1.82) is 0 Å². The van der Waals surface area contributed by atoms with E-state index in [2.05, 4.69) is 24.8 Å². The largest absolute Gasteiger partial charge is 0.342 e. The molecular formula is C20H33N5O2. The smallest absolute Gasteiger partial charge is 0.240 e. The van der Waals surface area contributed by atoms with E-state index in [1.807, 2.05) is 6.92 Å². The van der Waals surface area contributed by atoms with E-state index in [0.29, 0.717) is 11.9 Å². The Morgan fingerprint density at radius 2 is 1.85 bits per heavy atom. The number of amides is 1. The summed E-state index contributed by atoms with van der Waals surface area (Å²) in [7, 11) is 0. The molecule has 150 valence electrons. The average molecular weight is 376 g/mol. The van der Waals surface area contributed by atoms with Crippen LogP contribution in [-0.2, 0) is 17.8 Å². The quantitative estimate of drug-likeness (QED) is 0.784. The van der Waals surface area contributed by atoms with E-state index in [-0.39, 0.29) is 5.92 Å². The van der Waals surface area contributed by atoms with Crippen LogP contribution >= 0.6 is 0 Å². The van der Waals surface area contributed by atoms with Gasteiger partial charge in [0.05, 0.1) is 12.5 Å². The van der Waals surface area contributed by atoms with Crippen molar-refractivity contribution >= 4 is 5.91 Å². The number of aromatic nitrogens is 2. The summed E-state index contributed by atoms with van der Waals surface area (Å²) >= 11 is 0. The van der Waals surface area contributed by atoms with Crippen LogP contribution in [0.2, 0.25) is 0 Å². The predicted molar refractivity (Wildman–Crippen MR) is 102 cm³/mol. The summed E-state index contributed by atoms with van der Waals surface area (Å²) in [6, 6.07) is 0.615. The fourth-order valence-corrected chi connectivity index (χ4v) is 4.87. The molecule has 0 bridgehead atoms. The number of piperidine rings is 2. The second-order valence-corrected chi connectivity index (χ2v) is 8.33. The molecular weight excluding hydrogens is 342 g/mol. The van der Waals surface area contributed by atoms with E-state index < -0.39 is 0 Å². The highest BCUT2D eigenvalue weighted by atomic mass is 16.5. The Kier molecular flexibility index (Phi) is 6.08. The van der Waals surface area contributed by atoms with Gasteiger partial charge in [-0.2, -0.15) is 4.98 Å². The highest BCUT2D eigenvalue weighted by Gasteiger charge is 2.34. The molecule has 0 saturated carbocycles. The molecule has 3 aliphatic heterocycles. The Hall–Kier alpha value is -1.47. The third-order valence-electron chi connectivity index (χ3n) is 6.48. The number of carbonyl (C=O) groups excluding carboxylic acids is 1. The number of rotatable bonds is 5. The molecule has 0 aromatic carbocycles. The van der Waals surface area contributed by atoms with Crippen LogP contribution < -0.4 is 0 Å². The van der Waals surface area contributed by atoms with Crippen LogP contribution in [0.4, 0.5) is 0 Å². The fraction of sp³-hybridized carbons (Fsp3) is 0.850. The van der Waals surface area contributed by atoms with Crippen LogP contribution in [-0.4, -0.2) is 76.1 Å². The highest BCUT2D eigenvalue weighted by molar-refractivity contribution is 5.79. The van der Waals surface area contributed by atoms with E-state index in [9.17, 15) is 4.79 Å². The van der Waals surface area contributed by atoms with Gasteiger partial charge in [0.25, 0.3) is 0 Å². The molecule has 4 rings (SSSR count). The number of nitrogens with zero attached hydrogens (tertiary/aromatic N) is 5. The molecule has 0 N–H and O–H groups in total. The van der Waals surface area contributed by atoms with Gasteiger partial charge in [-0.25, -0.2) is 0 Å². The SMILES string of the molecule is CCc1noc(CN2CCC(N3CCC[C@@H](C(=O)N4CCCC4)C3)CC2)n1. The van der Waals surface area contributed by atoms with Crippen molar-refractivity contribution in [3.63, 3.8) is 0 Å². The lowest BCUT2D eigenvalue weighted by atomic mass is 9.93. The number of hydrogen-bond donors (Lipinski definition) is 0. The van der Waals surface area contributed by atoms with E-state index in [0.717, 1.165) is 76.8 Å². The second-order valence-electron chi connectivity index (χ2n) is 8.33. The first-order valence-electron chi connectivity index (χ1n) is 10.8. The standard InChI is InChI=1S/C20H33N5O2/c1-2-18-21-19(27-22-18)15-23-12-7-17(8-13-23)25-11-5-6-16(14-25)20(26)24-9-3-4-10-24/h16-17H,2-15H2,1H3/t16-/m1/s1. The Labute approximate surface area is 162 Å². The van der Waals surface area contributed by atoms with Gasteiger partial charge in [-0.05, 0) is 45.1 Å². The van der Waals surface area contributed by atoms with Crippen LogP contribution in [0.3, 0.4) is 0 Å². The molecule has 0 spiro atoms. The lowest BCUT2D eigenvalue weighted by Gasteiger charge is -2.42. The topological polar surface area (TPSA) is 65.7 Å². The minimum Gasteiger partial charge on any atom is -0.342 e. The summed E-state index contributed by atoms with van der Waals surface area (Å²) < 4.78 is 5.34. The number of hydrogen-bond acceptors (Lipinski definition) is 6. The van der Waals surface area contributed by atoms with Crippen molar-refractivity contribution < 1.29 is 9.32 Å². The first kappa shape index (κ1) is 18.9. The number of aryl methyl sites for hydroxylation is 1. The van der Waals surface area contributed by atoms with Crippen molar-refractivity contribution in [1.82, 2.24) is 24.8 Å². The van der Waals surface area contributed by atoms with Crippen LogP contribution in [0, 0.1) is 5.92 Å². The normalized spacial score (nSPS) is 26.0. The lowest BCUT2D eigenvalue weighted by molar-refractivity contribution is -0.136. The summed E-state index contributed by atoms with van der Waals surface area (Å²) in [5.41, 5.74) is 0. The minimum absolute atomic E-state index is 0.223. The highest BCUT2D eigenvalue weighted by Crippen LogP contribution is 2.26. The maximum atomic E-state index is 12.8.